The lowest BCUT2D eigenvalue weighted by Gasteiger charge is -2.11. The van der Waals surface area contributed by atoms with Crippen LogP contribution in [0.3, 0.4) is 0 Å². The van der Waals surface area contributed by atoms with Crippen LogP contribution in [-0.4, -0.2) is 33.5 Å². The standard InChI is InChI=1S/C24H21ClN4O2S/c1-16-8-9-18(14-21(16)25)26-22(30)15-32-24-28-27-23(17-6-4-3-5-7-17)29(24)19-10-12-20(31-2)13-11-19/h3-14H,15H2,1-2H3,(H,26,30). The van der Waals surface area contributed by atoms with Gasteiger partial charge in [-0.15, -0.1) is 10.2 Å². The molecular weight excluding hydrogens is 444 g/mol. The molecule has 0 saturated heterocycles. The third kappa shape index (κ3) is 4.95. The number of nitrogens with zero attached hydrogens (tertiary/aromatic N) is 3. The fourth-order valence-electron chi connectivity index (χ4n) is 3.10. The molecule has 6 nitrogen and oxygen atoms in total. The number of aromatic nitrogens is 3. The fraction of sp³-hybridized carbons (Fsp3) is 0.125. The highest BCUT2D eigenvalue weighted by atomic mass is 35.5. The Morgan fingerprint density at radius 1 is 1.06 bits per heavy atom. The van der Waals surface area contributed by atoms with Gasteiger partial charge in [0, 0.05) is 22.0 Å². The average Bonchev–Trinajstić information content (AvgIpc) is 3.25. The number of nitrogens with one attached hydrogen (secondary N) is 1. The normalized spacial score (nSPS) is 10.7. The zero-order valence-corrected chi connectivity index (χ0v) is 19.2. The molecule has 162 valence electrons. The maximum Gasteiger partial charge on any atom is 0.234 e. The number of aryl methyl sites for hydroxylation is 1. The molecule has 3 aromatic carbocycles. The molecule has 0 radical (unpaired) electrons. The Balaban J connectivity index is 1.58. The van der Waals surface area contributed by atoms with Crippen LogP contribution in [0.4, 0.5) is 5.69 Å². The first-order valence-electron chi connectivity index (χ1n) is 9.89. The van der Waals surface area contributed by atoms with Gasteiger partial charge in [0.25, 0.3) is 0 Å². The molecule has 32 heavy (non-hydrogen) atoms. The summed E-state index contributed by atoms with van der Waals surface area (Å²) in [6, 6.07) is 22.9. The minimum absolute atomic E-state index is 0.152. The second kappa shape index (κ2) is 9.89. The monoisotopic (exact) mass is 464 g/mol. The van der Waals surface area contributed by atoms with E-state index in [9.17, 15) is 4.79 Å². The fourth-order valence-corrected chi connectivity index (χ4v) is 4.03. The van der Waals surface area contributed by atoms with Crippen LogP contribution >= 0.6 is 23.4 Å². The van der Waals surface area contributed by atoms with E-state index in [1.807, 2.05) is 78.2 Å². The van der Waals surface area contributed by atoms with Gasteiger partial charge in [-0.3, -0.25) is 9.36 Å². The highest BCUT2D eigenvalue weighted by Crippen LogP contribution is 2.29. The van der Waals surface area contributed by atoms with E-state index >= 15 is 0 Å². The van der Waals surface area contributed by atoms with E-state index in [0.29, 0.717) is 21.7 Å². The first-order chi connectivity index (χ1) is 15.5. The van der Waals surface area contributed by atoms with Crippen LogP contribution in [0.5, 0.6) is 5.75 Å². The van der Waals surface area contributed by atoms with Crippen LogP contribution in [0.1, 0.15) is 5.56 Å². The van der Waals surface area contributed by atoms with Gasteiger partial charge in [0.2, 0.25) is 5.91 Å². The summed E-state index contributed by atoms with van der Waals surface area (Å²) in [5, 5.41) is 12.9. The van der Waals surface area contributed by atoms with Crippen molar-refractivity contribution in [3.63, 3.8) is 0 Å². The zero-order valence-electron chi connectivity index (χ0n) is 17.6. The molecule has 0 aliphatic carbocycles. The summed E-state index contributed by atoms with van der Waals surface area (Å²) >= 11 is 7.47. The molecule has 0 bridgehead atoms. The number of benzene rings is 3. The Bertz CT molecular complexity index is 1230. The van der Waals surface area contributed by atoms with Gasteiger partial charge >= 0.3 is 0 Å². The molecule has 0 unspecified atom stereocenters. The van der Waals surface area contributed by atoms with Gasteiger partial charge in [-0.1, -0.05) is 59.8 Å². The maximum absolute atomic E-state index is 12.5. The molecule has 4 aromatic rings. The number of anilines is 1. The topological polar surface area (TPSA) is 69.0 Å². The molecular formula is C24H21ClN4O2S. The van der Waals surface area contributed by atoms with E-state index in [-0.39, 0.29) is 11.7 Å². The van der Waals surface area contributed by atoms with Gasteiger partial charge in [-0.05, 0) is 48.9 Å². The quantitative estimate of drug-likeness (QED) is 0.359. The number of amides is 1. The van der Waals surface area contributed by atoms with Crippen LogP contribution < -0.4 is 10.1 Å². The Labute approximate surface area is 195 Å². The van der Waals surface area contributed by atoms with Crippen molar-refractivity contribution in [3.05, 3.63) is 83.4 Å². The maximum atomic E-state index is 12.5. The summed E-state index contributed by atoms with van der Waals surface area (Å²) in [7, 11) is 1.63. The number of thioether (sulfide) groups is 1. The van der Waals surface area contributed by atoms with Gasteiger partial charge < -0.3 is 10.1 Å². The van der Waals surface area contributed by atoms with Crippen molar-refractivity contribution in [1.82, 2.24) is 14.8 Å². The summed E-state index contributed by atoms with van der Waals surface area (Å²) in [5.41, 5.74) is 3.43. The first kappa shape index (κ1) is 21.9. The Hall–Kier alpha value is -3.29. The van der Waals surface area contributed by atoms with E-state index in [0.717, 1.165) is 22.6 Å². The van der Waals surface area contributed by atoms with Crippen molar-refractivity contribution in [3.8, 4) is 22.8 Å². The molecule has 4 rings (SSSR count). The van der Waals surface area contributed by atoms with Crippen molar-refractivity contribution in [2.75, 3.05) is 18.2 Å². The molecule has 0 saturated carbocycles. The molecule has 1 aromatic heterocycles. The summed E-state index contributed by atoms with van der Waals surface area (Å²) in [5.74, 6) is 1.48. The van der Waals surface area contributed by atoms with Crippen LogP contribution in [0, 0.1) is 6.92 Å². The molecule has 1 heterocycles. The van der Waals surface area contributed by atoms with Crippen LogP contribution in [0.2, 0.25) is 5.02 Å². The van der Waals surface area contributed by atoms with E-state index in [2.05, 4.69) is 15.5 Å². The number of hydrogen-bond donors (Lipinski definition) is 1. The second-order valence-electron chi connectivity index (χ2n) is 7.01. The number of methoxy groups -OCH3 is 1. The number of carbonyl (C=O) groups is 1. The van der Waals surface area contributed by atoms with E-state index < -0.39 is 0 Å². The van der Waals surface area contributed by atoms with Crippen LogP contribution in [0.25, 0.3) is 17.1 Å². The van der Waals surface area contributed by atoms with Crippen molar-refractivity contribution in [2.45, 2.75) is 12.1 Å². The predicted molar refractivity (Wildman–Crippen MR) is 129 cm³/mol. The summed E-state index contributed by atoms with van der Waals surface area (Å²) < 4.78 is 7.21. The second-order valence-corrected chi connectivity index (χ2v) is 8.36. The highest BCUT2D eigenvalue weighted by Gasteiger charge is 2.17. The van der Waals surface area contributed by atoms with E-state index in [1.165, 1.54) is 11.8 Å². The van der Waals surface area contributed by atoms with Gasteiger partial charge in [-0.25, -0.2) is 0 Å². The van der Waals surface area contributed by atoms with Crippen LogP contribution in [-0.2, 0) is 4.79 Å². The van der Waals surface area contributed by atoms with Crippen molar-refractivity contribution >= 4 is 35.0 Å². The van der Waals surface area contributed by atoms with Gasteiger partial charge in [0.1, 0.15) is 5.75 Å². The smallest absolute Gasteiger partial charge is 0.234 e. The summed E-state index contributed by atoms with van der Waals surface area (Å²) in [4.78, 5) is 12.5. The molecule has 8 heteroatoms. The minimum atomic E-state index is -0.152. The molecule has 1 amide bonds. The molecule has 0 aliphatic rings. The van der Waals surface area contributed by atoms with Crippen molar-refractivity contribution in [2.24, 2.45) is 0 Å². The number of ether oxygens (including phenoxy) is 1. The van der Waals surface area contributed by atoms with Crippen molar-refractivity contribution < 1.29 is 9.53 Å². The summed E-state index contributed by atoms with van der Waals surface area (Å²) in [6.07, 6.45) is 0. The van der Waals surface area contributed by atoms with E-state index in [4.69, 9.17) is 16.3 Å². The van der Waals surface area contributed by atoms with Crippen molar-refractivity contribution in [1.29, 1.82) is 0 Å². The zero-order chi connectivity index (χ0) is 22.5. The number of rotatable bonds is 7. The lowest BCUT2D eigenvalue weighted by molar-refractivity contribution is -0.113. The first-order valence-corrected chi connectivity index (χ1v) is 11.3. The van der Waals surface area contributed by atoms with Gasteiger partial charge in [0.15, 0.2) is 11.0 Å². The third-order valence-corrected chi connectivity index (χ3v) is 6.12. The Kier molecular flexibility index (Phi) is 6.78. The highest BCUT2D eigenvalue weighted by molar-refractivity contribution is 7.99. The number of carbonyl (C=O) groups excluding carboxylic acids is 1. The third-order valence-electron chi connectivity index (χ3n) is 4.78. The molecule has 0 spiro atoms. The van der Waals surface area contributed by atoms with Crippen LogP contribution in [0.15, 0.2) is 78.0 Å². The van der Waals surface area contributed by atoms with E-state index in [1.54, 1.807) is 13.2 Å². The predicted octanol–water partition coefficient (Wildman–Crippen LogP) is 5.64. The molecule has 0 atom stereocenters. The lowest BCUT2D eigenvalue weighted by atomic mass is 10.2. The Morgan fingerprint density at radius 3 is 2.50 bits per heavy atom. The molecule has 0 fully saturated rings. The number of halogens is 1. The Morgan fingerprint density at radius 2 is 1.81 bits per heavy atom. The minimum Gasteiger partial charge on any atom is -0.497 e. The largest absolute Gasteiger partial charge is 0.497 e. The molecule has 1 N–H and O–H groups in total. The lowest BCUT2D eigenvalue weighted by Crippen LogP contribution is -2.14. The van der Waals surface area contributed by atoms with Gasteiger partial charge in [-0.2, -0.15) is 0 Å². The SMILES string of the molecule is COc1ccc(-n2c(SCC(=O)Nc3ccc(C)c(Cl)c3)nnc2-c2ccccc2)cc1. The summed E-state index contributed by atoms with van der Waals surface area (Å²) in [6.45, 7) is 1.92. The average molecular weight is 465 g/mol. The van der Waals surface area contributed by atoms with Gasteiger partial charge in [0.05, 0.1) is 12.9 Å². The number of hydrogen-bond acceptors (Lipinski definition) is 5. The molecule has 0 aliphatic heterocycles.